The van der Waals surface area contributed by atoms with Gasteiger partial charge in [-0.3, -0.25) is 0 Å². The molecule has 19 heavy (non-hydrogen) atoms. The van der Waals surface area contributed by atoms with Crippen LogP contribution in [0.3, 0.4) is 0 Å². The number of nitrogens with two attached hydrogens (primary N) is 1. The summed E-state index contributed by atoms with van der Waals surface area (Å²) in [5.41, 5.74) is 10.3. The maximum Gasteiger partial charge on any atom is 0.0935 e. The van der Waals surface area contributed by atoms with Crippen molar-refractivity contribution in [3.05, 3.63) is 69.7 Å². The molecule has 96 valence electrons. The summed E-state index contributed by atoms with van der Waals surface area (Å²) in [6, 6.07) is 14.0. The molecule has 2 aromatic carbocycles. The predicted molar refractivity (Wildman–Crippen MR) is 75.3 cm³/mol. The molecule has 2 aromatic rings. The van der Waals surface area contributed by atoms with Crippen LogP contribution in [0, 0.1) is 0 Å². The number of hydrogen-bond donors (Lipinski definition) is 2. The molecule has 2 nitrogen and oxygen atoms in total. The molecule has 3 aliphatic rings. The van der Waals surface area contributed by atoms with Crippen LogP contribution in [0.5, 0.6) is 0 Å². The fourth-order valence-corrected chi connectivity index (χ4v) is 3.88. The third kappa shape index (κ3) is 1.29. The zero-order chi connectivity index (χ0) is 13.2. The quantitative estimate of drug-likeness (QED) is 0.774. The van der Waals surface area contributed by atoms with Crippen LogP contribution in [0.25, 0.3) is 0 Å². The van der Waals surface area contributed by atoms with Gasteiger partial charge in [0.15, 0.2) is 0 Å². The second kappa shape index (κ2) is 3.60. The Bertz CT molecular complexity index is 684. The summed E-state index contributed by atoms with van der Waals surface area (Å²) >= 11 is 6.11. The summed E-state index contributed by atoms with van der Waals surface area (Å²) in [5, 5.41) is 11.1. The van der Waals surface area contributed by atoms with Gasteiger partial charge in [-0.05, 0) is 40.8 Å². The van der Waals surface area contributed by atoms with E-state index in [1.54, 1.807) is 0 Å². The summed E-state index contributed by atoms with van der Waals surface area (Å²) in [6.07, 6.45) is 0.126. The van der Waals surface area contributed by atoms with Gasteiger partial charge in [0, 0.05) is 10.9 Å². The first-order chi connectivity index (χ1) is 9.12. The highest BCUT2D eigenvalue weighted by Crippen LogP contribution is 2.54. The van der Waals surface area contributed by atoms with Gasteiger partial charge in [-0.2, -0.15) is 0 Å². The molecule has 0 amide bonds. The fourth-order valence-electron chi connectivity index (χ4n) is 3.70. The van der Waals surface area contributed by atoms with Crippen molar-refractivity contribution in [1.82, 2.24) is 0 Å². The number of aliphatic hydroxyl groups is 1. The smallest absolute Gasteiger partial charge is 0.0935 e. The molecule has 3 heteroatoms. The molecule has 3 atom stereocenters. The second-order valence-electron chi connectivity index (χ2n) is 5.49. The van der Waals surface area contributed by atoms with Crippen molar-refractivity contribution in [2.75, 3.05) is 0 Å². The van der Waals surface area contributed by atoms with E-state index in [0.717, 1.165) is 11.1 Å². The van der Waals surface area contributed by atoms with Crippen molar-refractivity contribution >= 4 is 11.6 Å². The van der Waals surface area contributed by atoms with Crippen LogP contribution in [0.2, 0.25) is 5.02 Å². The Morgan fingerprint density at radius 3 is 2.68 bits per heavy atom. The predicted octanol–water partition coefficient (Wildman–Crippen LogP) is 2.75. The lowest BCUT2D eigenvalue weighted by Gasteiger charge is -2.50. The lowest BCUT2D eigenvalue weighted by molar-refractivity contribution is 0.0713. The normalized spacial score (nSPS) is 30.9. The van der Waals surface area contributed by atoms with E-state index in [0.29, 0.717) is 11.4 Å². The first-order valence-electron chi connectivity index (χ1n) is 6.48. The van der Waals surface area contributed by atoms with E-state index >= 15 is 0 Å². The molecule has 0 aromatic heterocycles. The minimum atomic E-state index is -0.828. The van der Waals surface area contributed by atoms with E-state index in [2.05, 4.69) is 6.07 Å². The highest BCUT2D eigenvalue weighted by molar-refractivity contribution is 6.30. The molecule has 0 saturated carbocycles. The van der Waals surface area contributed by atoms with Gasteiger partial charge in [-0.15, -0.1) is 0 Å². The van der Waals surface area contributed by atoms with E-state index in [1.807, 2.05) is 36.4 Å². The van der Waals surface area contributed by atoms with Crippen LogP contribution in [0.1, 0.15) is 34.6 Å². The molecule has 5 rings (SSSR count). The summed E-state index contributed by atoms with van der Waals surface area (Å²) < 4.78 is 0. The van der Waals surface area contributed by atoms with E-state index < -0.39 is 11.6 Å². The van der Waals surface area contributed by atoms with Gasteiger partial charge >= 0.3 is 0 Å². The third-order valence-corrected chi connectivity index (χ3v) is 4.84. The Balaban J connectivity index is 2.10. The zero-order valence-electron chi connectivity index (χ0n) is 10.3. The monoisotopic (exact) mass is 271 g/mol. The molecule has 0 fully saturated rings. The van der Waals surface area contributed by atoms with Gasteiger partial charge in [0.1, 0.15) is 0 Å². The second-order valence-corrected chi connectivity index (χ2v) is 5.93. The number of rotatable bonds is 0. The minimum absolute atomic E-state index is 0.226. The Morgan fingerprint density at radius 2 is 1.84 bits per heavy atom. The number of aliphatic hydroxyl groups excluding tert-OH is 1. The Morgan fingerprint density at radius 1 is 1.11 bits per heavy atom. The van der Waals surface area contributed by atoms with Crippen molar-refractivity contribution in [3.63, 3.8) is 0 Å². The van der Waals surface area contributed by atoms with Gasteiger partial charge < -0.3 is 10.8 Å². The molecule has 3 aliphatic carbocycles. The standard InChI is InChI=1S/C16H14ClNO/c17-9-5-6-11-12-8-15(19)16(18,14(11)7-9)13-4-2-1-3-10(12)13/h1-7,12,15,19H,8,18H2. The van der Waals surface area contributed by atoms with Crippen LogP contribution >= 0.6 is 11.6 Å². The van der Waals surface area contributed by atoms with E-state index in [9.17, 15) is 5.11 Å². The molecule has 0 aliphatic heterocycles. The molecule has 0 heterocycles. The molecule has 0 radical (unpaired) electrons. The Kier molecular flexibility index (Phi) is 2.17. The van der Waals surface area contributed by atoms with E-state index in [4.69, 9.17) is 17.3 Å². The van der Waals surface area contributed by atoms with Crippen LogP contribution < -0.4 is 5.73 Å². The van der Waals surface area contributed by atoms with E-state index in [1.165, 1.54) is 11.1 Å². The highest BCUT2D eigenvalue weighted by atomic mass is 35.5. The van der Waals surface area contributed by atoms with Gasteiger partial charge in [0.25, 0.3) is 0 Å². The minimum Gasteiger partial charge on any atom is -0.390 e. The molecular weight excluding hydrogens is 258 g/mol. The number of halogens is 1. The molecule has 3 unspecified atom stereocenters. The van der Waals surface area contributed by atoms with E-state index in [-0.39, 0.29) is 5.92 Å². The molecule has 0 saturated heterocycles. The summed E-state index contributed by atoms with van der Waals surface area (Å²) in [7, 11) is 0. The van der Waals surface area contributed by atoms with Crippen molar-refractivity contribution in [2.24, 2.45) is 5.73 Å². The molecule has 2 bridgehead atoms. The maximum atomic E-state index is 10.5. The maximum absolute atomic E-state index is 10.5. The summed E-state index contributed by atoms with van der Waals surface area (Å²) in [5.74, 6) is 0.226. The first kappa shape index (κ1) is 11.5. The number of benzene rings is 2. The van der Waals surface area contributed by atoms with Crippen LogP contribution in [0.15, 0.2) is 42.5 Å². The first-order valence-corrected chi connectivity index (χ1v) is 6.86. The Labute approximate surface area is 116 Å². The lowest BCUT2D eigenvalue weighted by Crippen LogP contribution is -2.56. The lowest BCUT2D eigenvalue weighted by atomic mass is 9.58. The molecule has 0 spiro atoms. The zero-order valence-corrected chi connectivity index (χ0v) is 11.1. The fraction of sp³-hybridized carbons (Fsp3) is 0.250. The van der Waals surface area contributed by atoms with Crippen molar-refractivity contribution in [3.8, 4) is 0 Å². The highest BCUT2D eigenvalue weighted by Gasteiger charge is 2.51. The average Bonchev–Trinajstić information content (AvgIpc) is 2.42. The third-order valence-electron chi connectivity index (χ3n) is 4.60. The van der Waals surface area contributed by atoms with Crippen LogP contribution in [0.4, 0.5) is 0 Å². The van der Waals surface area contributed by atoms with Crippen LogP contribution in [-0.2, 0) is 5.54 Å². The summed E-state index contributed by atoms with van der Waals surface area (Å²) in [4.78, 5) is 0. The average molecular weight is 272 g/mol. The van der Waals surface area contributed by atoms with Crippen molar-refractivity contribution < 1.29 is 5.11 Å². The largest absolute Gasteiger partial charge is 0.390 e. The topological polar surface area (TPSA) is 46.2 Å². The summed E-state index contributed by atoms with van der Waals surface area (Å²) in [6.45, 7) is 0. The van der Waals surface area contributed by atoms with Crippen molar-refractivity contribution in [2.45, 2.75) is 24.0 Å². The Hall–Kier alpha value is -1.35. The molecule has 3 N–H and O–H groups in total. The van der Waals surface area contributed by atoms with Crippen molar-refractivity contribution in [1.29, 1.82) is 0 Å². The van der Waals surface area contributed by atoms with Gasteiger partial charge in [-0.25, -0.2) is 0 Å². The number of fused-ring (bicyclic) bond motifs is 1. The molecular formula is C16H14ClNO. The van der Waals surface area contributed by atoms with Gasteiger partial charge in [0.2, 0.25) is 0 Å². The van der Waals surface area contributed by atoms with Crippen LogP contribution in [-0.4, -0.2) is 11.2 Å². The number of hydrogen-bond acceptors (Lipinski definition) is 2. The SMILES string of the molecule is NC12c3ccccc3C(CC1O)c1ccc(Cl)cc12. The van der Waals surface area contributed by atoms with Gasteiger partial charge in [0.05, 0.1) is 11.6 Å². The van der Waals surface area contributed by atoms with Gasteiger partial charge in [-0.1, -0.05) is 41.9 Å².